The highest BCUT2D eigenvalue weighted by Gasteiger charge is 2.44. The molecular weight excluding hydrogens is 108 g/mol. The maximum absolute atomic E-state index is 2.44. The first-order chi connectivity index (χ1) is 4.18. The van der Waals surface area contributed by atoms with E-state index in [0.717, 1.165) is 11.8 Å². The number of hydrogen-bond donors (Lipinski definition) is 0. The zero-order valence-electron chi connectivity index (χ0n) is 6.48. The van der Waals surface area contributed by atoms with Gasteiger partial charge in [0.15, 0.2) is 0 Å². The SMILES string of the molecule is CC1(C)C[C@H]2CC[C@@H]1C2. The summed E-state index contributed by atoms with van der Waals surface area (Å²) in [5.74, 6) is 2.20. The molecule has 0 saturated heterocycles. The molecule has 52 valence electrons. The molecule has 0 amide bonds. The van der Waals surface area contributed by atoms with Crippen molar-refractivity contribution in [3.63, 3.8) is 0 Å². The summed E-state index contributed by atoms with van der Waals surface area (Å²) in [7, 11) is 0. The van der Waals surface area contributed by atoms with Crippen LogP contribution in [0.2, 0.25) is 0 Å². The van der Waals surface area contributed by atoms with Gasteiger partial charge in [0.2, 0.25) is 0 Å². The van der Waals surface area contributed by atoms with Gasteiger partial charge in [0.25, 0.3) is 0 Å². The number of hydrogen-bond acceptors (Lipinski definition) is 0. The van der Waals surface area contributed by atoms with Gasteiger partial charge < -0.3 is 0 Å². The van der Waals surface area contributed by atoms with Gasteiger partial charge in [0.1, 0.15) is 0 Å². The second-order valence-corrected chi connectivity index (χ2v) is 4.57. The zero-order chi connectivity index (χ0) is 6.48. The van der Waals surface area contributed by atoms with E-state index < -0.39 is 0 Å². The maximum Gasteiger partial charge on any atom is -0.0323 e. The standard InChI is InChI=1S/C9H16/c1-9(2)6-7-3-4-8(9)5-7/h7-8H,3-6H2,1-2H3/t7-,8+/m0/s1. The molecule has 0 aliphatic heterocycles. The summed E-state index contributed by atoms with van der Waals surface area (Å²) in [5, 5.41) is 0. The summed E-state index contributed by atoms with van der Waals surface area (Å²) < 4.78 is 0. The summed E-state index contributed by atoms with van der Waals surface area (Å²) in [6, 6.07) is 0. The molecule has 0 heteroatoms. The van der Waals surface area contributed by atoms with E-state index in [0.29, 0.717) is 5.41 Å². The van der Waals surface area contributed by atoms with Crippen molar-refractivity contribution in [2.24, 2.45) is 17.3 Å². The van der Waals surface area contributed by atoms with Crippen LogP contribution in [0.15, 0.2) is 0 Å². The summed E-state index contributed by atoms with van der Waals surface area (Å²) >= 11 is 0. The average Bonchev–Trinajstić information content (AvgIpc) is 2.19. The summed E-state index contributed by atoms with van der Waals surface area (Å²) in [6.07, 6.45) is 6.12. The molecule has 0 aromatic carbocycles. The van der Waals surface area contributed by atoms with Gasteiger partial charge in [-0.2, -0.15) is 0 Å². The largest absolute Gasteiger partial charge is 0.0596 e. The third kappa shape index (κ3) is 0.720. The van der Waals surface area contributed by atoms with Crippen LogP contribution >= 0.6 is 0 Å². The van der Waals surface area contributed by atoms with Crippen LogP contribution in [0, 0.1) is 17.3 Å². The van der Waals surface area contributed by atoms with Crippen molar-refractivity contribution < 1.29 is 0 Å². The molecule has 0 N–H and O–H groups in total. The Bertz CT molecular complexity index is 124. The molecule has 2 atom stereocenters. The van der Waals surface area contributed by atoms with Gasteiger partial charge in [-0.05, 0) is 36.5 Å². The molecule has 2 aliphatic carbocycles. The lowest BCUT2D eigenvalue weighted by atomic mass is 9.77. The molecule has 0 heterocycles. The normalized spacial score (nSPS) is 46.0. The Kier molecular flexibility index (Phi) is 0.980. The molecule has 0 aromatic rings. The van der Waals surface area contributed by atoms with E-state index in [1.54, 1.807) is 6.42 Å². The highest BCUT2D eigenvalue weighted by Crippen LogP contribution is 2.55. The lowest BCUT2D eigenvalue weighted by Gasteiger charge is -2.29. The fourth-order valence-corrected chi connectivity index (χ4v) is 2.88. The fourth-order valence-electron chi connectivity index (χ4n) is 2.88. The minimum atomic E-state index is 0.711. The smallest absolute Gasteiger partial charge is 0.0323 e. The number of fused-ring (bicyclic) bond motifs is 2. The Morgan fingerprint density at radius 2 is 2.00 bits per heavy atom. The average molecular weight is 124 g/mol. The Morgan fingerprint density at radius 1 is 1.22 bits per heavy atom. The Morgan fingerprint density at radius 3 is 2.22 bits per heavy atom. The van der Waals surface area contributed by atoms with Crippen molar-refractivity contribution >= 4 is 0 Å². The summed E-state index contributed by atoms with van der Waals surface area (Å²) in [6.45, 7) is 4.88. The Hall–Kier alpha value is 0. The van der Waals surface area contributed by atoms with Crippen molar-refractivity contribution in [1.82, 2.24) is 0 Å². The van der Waals surface area contributed by atoms with Crippen LogP contribution in [0.1, 0.15) is 39.5 Å². The Balaban J connectivity index is 2.18. The van der Waals surface area contributed by atoms with Crippen LogP contribution in [0.4, 0.5) is 0 Å². The van der Waals surface area contributed by atoms with Gasteiger partial charge in [0.05, 0.1) is 0 Å². The Labute approximate surface area is 57.6 Å². The zero-order valence-corrected chi connectivity index (χ0v) is 6.48. The molecule has 9 heavy (non-hydrogen) atoms. The third-order valence-corrected chi connectivity index (χ3v) is 3.46. The van der Waals surface area contributed by atoms with Crippen molar-refractivity contribution in [2.75, 3.05) is 0 Å². The molecule has 2 saturated carbocycles. The third-order valence-electron chi connectivity index (χ3n) is 3.46. The second-order valence-electron chi connectivity index (χ2n) is 4.57. The minimum Gasteiger partial charge on any atom is -0.0596 e. The quantitative estimate of drug-likeness (QED) is 0.466. The van der Waals surface area contributed by atoms with Crippen LogP contribution in [0.5, 0.6) is 0 Å². The highest BCUT2D eigenvalue weighted by molar-refractivity contribution is 4.95. The second kappa shape index (κ2) is 1.53. The van der Waals surface area contributed by atoms with Crippen molar-refractivity contribution in [3.05, 3.63) is 0 Å². The molecule has 0 nitrogen and oxygen atoms in total. The molecule has 2 aliphatic rings. The molecule has 0 aromatic heterocycles. The van der Waals surface area contributed by atoms with Crippen molar-refractivity contribution in [2.45, 2.75) is 39.5 Å². The topological polar surface area (TPSA) is 0 Å². The van der Waals surface area contributed by atoms with E-state index in [2.05, 4.69) is 13.8 Å². The molecule has 0 unspecified atom stereocenters. The first kappa shape index (κ1) is 5.76. The molecular formula is C9H16. The minimum absolute atomic E-state index is 0.711. The molecule has 2 rings (SSSR count). The van der Waals surface area contributed by atoms with Crippen LogP contribution in [-0.2, 0) is 0 Å². The predicted octanol–water partition coefficient (Wildman–Crippen LogP) is 2.83. The highest BCUT2D eigenvalue weighted by atomic mass is 14.5. The van der Waals surface area contributed by atoms with Gasteiger partial charge in [0, 0.05) is 0 Å². The summed E-state index contributed by atoms with van der Waals surface area (Å²) in [5.41, 5.74) is 0.711. The van der Waals surface area contributed by atoms with E-state index in [1.807, 2.05) is 0 Å². The maximum atomic E-state index is 2.44. The lowest BCUT2D eigenvalue weighted by Crippen LogP contribution is -2.19. The monoisotopic (exact) mass is 124 g/mol. The first-order valence-corrected chi connectivity index (χ1v) is 4.18. The van der Waals surface area contributed by atoms with E-state index in [-0.39, 0.29) is 0 Å². The van der Waals surface area contributed by atoms with E-state index in [4.69, 9.17) is 0 Å². The molecule has 2 fully saturated rings. The van der Waals surface area contributed by atoms with Gasteiger partial charge in [-0.1, -0.05) is 20.3 Å². The lowest BCUT2D eigenvalue weighted by molar-refractivity contribution is 0.217. The van der Waals surface area contributed by atoms with Crippen molar-refractivity contribution in [1.29, 1.82) is 0 Å². The van der Waals surface area contributed by atoms with Crippen LogP contribution in [0.3, 0.4) is 0 Å². The van der Waals surface area contributed by atoms with Gasteiger partial charge >= 0.3 is 0 Å². The van der Waals surface area contributed by atoms with Crippen LogP contribution in [-0.4, -0.2) is 0 Å². The predicted molar refractivity (Wildman–Crippen MR) is 39.2 cm³/mol. The van der Waals surface area contributed by atoms with E-state index in [9.17, 15) is 0 Å². The molecule has 2 bridgehead atoms. The summed E-state index contributed by atoms with van der Waals surface area (Å²) in [4.78, 5) is 0. The van der Waals surface area contributed by atoms with E-state index in [1.165, 1.54) is 19.3 Å². The van der Waals surface area contributed by atoms with Gasteiger partial charge in [-0.25, -0.2) is 0 Å². The first-order valence-electron chi connectivity index (χ1n) is 4.18. The van der Waals surface area contributed by atoms with Gasteiger partial charge in [-0.3, -0.25) is 0 Å². The molecule has 0 radical (unpaired) electrons. The van der Waals surface area contributed by atoms with E-state index >= 15 is 0 Å². The van der Waals surface area contributed by atoms with Crippen LogP contribution < -0.4 is 0 Å². The van der Waals surface area contributed by atoms with Crippen molar-refractivity contribution in [3.8, 4) is 0 Å². The fraction of sp³-hybridized carbons (Fsp3) is 1.00. The van der Waals surface area contributed by atoms with Crippen LogP contribution in [0.25, 0.3) is 0 Å². The van der Waals surface area contributed by atoms with Gasteiger partial charge in [-0.15, -0.1) is 0 Å². The number of rotatable bonds is 0. The molecule has 0 spiro atoms.